The van der Waals surface area contributed by atoms with E-state index in [-0.39, 0.29) is 11.8 Å². The highest BCUT2D eigenvalue weighted by atomic mass is 16.5. The van der Waals surface area contributed by atoms with Gasteiger partial charge >= 0.3 is 0 Å². The Balaban J connectivity index is 1.51. The fourth-order valence-electron chi connectivity index (χ4n) is 3.92. The van der Waals surface area contributed by atoms with Crippen molar-refractivity contribution in [3.63, 3.8) is 0 Å². The van der Waals surface area contributed by atoms with Crippen LogP contribution in [0.15, 0.2) is 48.5 Å². The van der Waals surface area contributed by atoms with Gasteiger partial charge in [0.2, 0.25) is 5.91 Å². The van der Waals surface area contributed by atoms with E-state index in [1.54, 1.807) is 19.2 Å². The molecule has 0 unspecified atom stereocenters. The van der Waals surface area contributed by atoms with Gasteiger partial charge in [0.15, 0.2) is 0 Å². The van der Waals surface area contributed by atoms with Crippen LogP contribution in [0.25, 0.3) is 11.0 Å². The highest BCUT2D eigenvalue weighted by Gasteiger charge is 2.16. The summed E-state index contributed by atoms with van der Waals surface area (Å²) < 4.78 is 7.24. The highest BCUT2D eigenvalue weighted by molar-refractivity contribution is 5.94. The van der Waals surface area contributed by atoms with Crippen molar-refractivity contribution in [3.8, 4) is 5.75 Å². The molecule has 1 heterocycles. The van der Waals surface area contributed by atoms with Crippen molar-refractivity contribution in [1.82, 2.24) is 19.8 Å². The van der Waals surface area contributed by atoms with Crippen molar-refractivity contribution in [3.05, 3.63) is 59.9 Å². The number of fused-ring (bicyclic) bond motifs is 1. The number of rotatable bonds is 13. The molecule has 1 N–H and O–H groups in total. The highest BCUT2D eigenvalue weighted by Crippen LogP contribution is 2.18. The summed E-state index contributed by atoms with van der Waals surface area (Å²) in [5, 5.41) is 2.97. The molecule has 0 aliphatic rings. The number of nitrogens with one attached hydrogen (secondary N) is 1. The summed E-state index contributed by atoms with van der Waals surface area (Å²) in [5.41, 5.74) is 2.52. The second-order valence-corrected chi connectivity index (χ2v) is 8.57. The van der Waals surface area contributed by atoms with E-state index < -0.39 is 0 Å². The van der Waals surface area contributed by atoms with Gasteiger partial charge in [-0.2, -0.15) is 0 Å². The molecular formula is C27H36N4O3. The Bertz CT molecular complexity index is 1090. The number of likely N-dealkylation sites (N-methyl/N-ethyl adjacent to an activating group) is 1. The zero-order valence-electron chi connectivity index (χ0n) is 20.5. The lowest BCUT2D eigenvalue weighted by Gasteiger charge is -2.18. The quantitative estimate of drug-likeness (QED) is 0.379. The number of amides is 2. The SMILES string of the molecule is CCCCN(C)C(=O)Cn1c(CCCCCNC(=O)c2cccc(OC)c2)nc2ccccc21. The van der Waals surface area contributed by atoms with Crippen LogP contribution in [0.5, 0.6) is 5.75 Å². The summed E-state index contributed by atoms with van der Waals surface area (Å²) in [7, 11) is 3.46. The predicted molar refractivity (Wildman–Crippen MR) is 135 cm³/mol. The lowest BCUT2D eigenvalue weighted by Crippen LogP contribution is -2.31. The molecule has 7 heteroatoms. The van der Waals surface area contributed by atoms with Crippen LogP contribution >= 0.6 is 0 Å². The van der Waals surface area contributed by atoms with E-state index in [2.05, 4.69) is 16.8 Å². The molecule has 2 aromatic carbocycles. The molecule has 0 aliphatic heterocycles. The Morgan fingerprint density at radius 3 is 2.68 bits per heavy atom. The van der Waals surface area contributed by atoms with Crippen molar-refractivity contribution in [1.29, 1.82) is 0 Å². The average Bonchev–Trinajstić information content (AvgIpc) is 3.21. The van der Waals surface area contributed by atoms with E-state index in [4.69, 9.17) is 9.72 Å². The Morgan fingerprint density at radius 1 is 1.06 bits per heavy atom. The average molecular weight is 465 g/mol. The van der Waals surface area contributed by atoms with Gasteiger partial charge in [0.05, 0.1) is 18.1 Å². The largest absolute Gasteiger partial charge is 0.497 e. The normalized spacial score (nSPS) is 10.9. The number of aryl methyl sites for hydroxylation is 1. The first kappa shape index (κ1) is 25.3. The monoisotopic (exact) mass is 464 g/mol. The number of carbonyl (C=O) groups excluding carboxylic acids is 2. The van der Waals surface area contributed by atoms with Crippen molar-refractivity contribution < 1.29 is 14.3 Å². The maximum atomic E-state index is 12.8. The summed E-state index contributed by atoms with van der Waals surface area (Å²) in [6.45, 7) is 3.84. The van der Waals surface area contributed by atoms with Crippen LogP contribution in [0, 0.1) is 0 Å². The third-order valence-corrected chi connectivity index (χ3v) is 5.99. The number of hydrogen-bond acceptors (Lipinski definition) is 4. The van der Waals surface area contributed by atoms with Crippen LogP contribution in [-0.2, 0) is 17.8 Å². The standard InChI is InChI=1S/C27H36N4O3/c1-4-5-18-30(2)26(32)20-31-24-15-9-8-14-23(24)29-25(31)16-7-6-10-17-28-27(33)21-12-11-13-22(19-21)34-3/h8-9,11-15,19H,4-7,10,16-18,20H2,1-3H3,(H,28,33). The Morgan fingerprint density at radius 2 is 1.88 bits per heavy atom. The van der Waals surface area contributed by atoms with Gasteiger partial charge in [-0.25, -0.2) is 4.98 Å². The number of benzene rings is 2. The maximum absolute atomic E-state index is 12.8. The number of hydrogen-bond donors (Lipinski definition) is 1. The van der Waals surface area contributed by atoms with Gasteiger partial charge in [-0.3, -0.25) is 9.59 Å². The van der Waals surface area contributed by atoms with Gasteiger partial charge in [0.1, 0.15) is 18.1 Å². The van der Waals surface area contributed by atoms with E-state index in [0.29, 0.717) is 24.4 Å². The number of unbranched alkanes of at least 4 members (excludes halogenated alkanes) is 3. The van der Waals surface area contributed by atoms with E-state index >= 15 is 0 Å². The fraction of sp³-hybridized carbons (Fsp3) is 0.444. The van der Waals surface area contributed by atoms with Crippen molar-refractivity contribution in [2.75, 3.05) is 27.2 Å². The minimum absolute atomic E-state index is 0.0913. The molecule has 0 radical (unpaired) electrons. The second kappa shape index (κ2) is 12.8. The van der Waals surface area contributed by atoms with Gasteiger partial charge in [-0.1, -0.05) is 38.0 Å². The maximum Gasteiger partial charge on any atom is 0.251 e. The van der Waals surface area contributed by atoms with Crippen LogP contribution in [-0.4, -0.2) is 53.5 Å². The summed E-state index contributed by atoms with van der Waals surface area (Å²) in [5.74, 6) is 1.63. The number of ether oxygens (including phenoxy) is 1. The zero-order chi connectivity index (χ0) is 24.3. The van der Waals surface area contributed by atoms with Crippen LogP contribution in [0.3, 0.4) is 0 Å². The molecule has 1 aromatic heterocycles. The molecule has 0 saturated heterocycles. The molecular weight excluding hydrogens is 428 g/mol. The molecule has 7 nitrogen and oxygen atoms in total. The smallest absolute Gasteiger partial charge is 0.251 e. The lowest BCUT2D eigenvalue weighted by molar-refractivity contribution is -0.130. The predicted octanol–water partition coefficient (Wildman–Crippen LogP) is 4.45. The molecule has 3 aromatic rings. The minimum Gasteiger partial charge on any atom is -0.497 e. The molecule has 2 amide bonds. The number of nitrogens with zero attached hydrogens (tertiary/aromatic N) is 3. The first-order chi connectivity index (χ1) is 16.5. The number of aromatic nitrogens is 2. The molecule has 182 valence electrons. The summed E-state index contributed by atoms with van der Waals surface area (Å²) in [6, 6.07) is 15.1. The lowest BCUT2D eigenvalue weighted by atomic mass is 10.1. The summed E-state index contributed by atoms with van der Waals surface area (Å²) in [4.78, 5) is 31.7. The number of methoxy groups -OCH3 is 1. The molecule has 0 atom stereocenters. The number of carbonyl (C=O) groups is 2. The molecule has 0 bridgehead atoms. The molecule has 0 aliphatic carbocycles. The van der Waals surface area contributed by atoms with Gasteiger partial charge < -0.3 is 19.5 Å². The third-order valence-electron chi connectivity index (χ3n) is 5.99. The van der Waals surface area contributed by atoms with Crippen LogP contribution in [0.2, 0.25) is 0 Å². The van der Waals surface area contributed by atoms with E-state index in [1.807, 2.05) is 48.3 Å². The topological polar surface area (TPSA) is 76.5 Å². The van der Waals surface area contributed by atoms with Crippen molar-refractivity contribution in [2.45, 2.75) is 52.0 Å². The van der Waals surface area contributed by atoms with Crippen molar-refractivity contribution >= 4 is 22.8 Å². The fourth-order valence-corrected chi connectivity index (χ4v) is 3.92. The van der Waals surface area contributed by atoms with Crippen LogP contribution in [0.4, 0.5) is 0 Å². The van der Waals surface area contributed by atoms with Crippen molar-refractivity contribution in [2.24, 2.45) is 0 Å². The minimum atomic E-state index is -0.0913. The van der Waals surface area contributed by atoms with Gasteiger partial charge in [-0.15, -0.1) is 0 Å². The van der Waals surface area contributed by atoms with E-state index in [9.17, 15) is 9.59 Å². The molecule has 0 saturated carbocycles. The van der Waals surface area contributed by atoms with E-state index in [0.717, 1.165) is 61.9 Å². The summed E-state index contributed by atoms with van der Waals surface area (Å²) >= 11 is 0. The molecule has 34 heavy (non-hydrogen) atoms. The van der Waals surface area contributed by atoms with Gasteiger partial charge in [0, 0.05) is 32.1 Å². The third kappa shape index (κ3) is 6.83. The Hall–Kier alpha value is -3.35. The second-order valence-electron chi connectivity index (χ2n) is 8.57. The Kier molecular flexibility index (Phi) is 9.50. The van der Waals surface area contributed by atoms with E-state index in [1.165, 1.54) is 0 Å². The molecule has 0 fully saturated rings. The van der Waals surface area contributed by atoms with Gasteiger partial charge in [-0.05, 0) is 49.6 Å². The zero-order valence-corrected chi connectivity index (χ0v) is 20.5. The number of para-hydroxylation sites is 2. The first-order valence-electron chi connectivity index (χ1n) is 12.1. The summed E-state index contributed by atoms with van der Waals surface area (Å²) in [6.07, 6.45) is 5.66. The van der Waals surface area contributed by atoms with Crippen LogP contribution < -0.4 is 10.1 Å². The van der Waals surface area contributed by atoms with Gasteiger partial charge in [0.25, 0.3) is 5.91 Å². The van der Waals surface area contributed by atoms with Crippen LogP contribution in [0.1, 0.15) is 55.2 Å². The molecule has 3 rings (SSSR count). The Labute approximate surface area is 202 Å². The molecule has 0 spiro atoms. The number of imidazole rings is 1. The first-order valence-corrected chi connectivity index (χ1v) is 12.1.